The lowest BCUT2D eigenvalue weighted by molar-refractivity contribution is 0.599. The van der Waals surface area contributed by atoms with Crippen molar-refractivity contribution in [2.24, 2.45) is 0 Å². The smallest absolute Gasteiger partial charge is 0.264 e. The molecule has 0 amide bonds. The molecule has 0 saturated carbocycles. The highest BCUT2D eigenvalue weighted by Gasteiger charge is 2.17. The fourth-order valence-electron chi connectivity index (χ4n) is 2.73. The molecule has 0 atom stereocenters. The maximum Gasteiger partial charge on any atom is 0.264 e. The van der Waals surface area contributed by atoms with Crippen molar-refractivity contribution in [2.45, 2.75) is 4.90 Å². The standard InChI is InChI=1S/C19H12ClFN4O3S/c20-18-17(24-29(27,28)14-5-3-12(21)4-6-14)10-13(11-23-18)25-9-7-16-15(19(25)26)2-1-8-22-16/h1-11,24H. The van der Waals surface area contributed by atoms with Crippen LogP contribution in [-0.2, 0) is 10.0 Å². The SMILES string of the molecule is O=c1c2cccnc2ccn1-c1cnc(Cl)c(NS(=O)(=O)c2ccc(F)cc2)c1. The van der Waals surface area contributed by atoms with Crippen molar-refractivity contribution in [3.63, 3.8) is 0 Å². The van der Waals surface area contributed by atoms with E-state index < -0.39 is 15.8 Å². The first-order chi connectivity index (χ1) is 13.8. The normalized spacial score (nSPS) is 11.5. The third kappa shape index (κ3) is 3.69. The minimum atomic E-state index is -4.03. The summed E-state index contributed by atoms with van der Waals surface area (Å²) < 4.78 is 41.8. The van der Waals surface area contributed by atoms with Crippen LogP contribution in [0.5, 0.6) is 0 Å². The lowest BCUT2D eigenvalue weighted by atomic mass is 10.2. The summed E-state index contributed by atoms with van der Waals surface area (Å²) in [5.74, 6) is -0.559. The van der Waals surface area contributed by atoms with Crippen LogP contribution in [0.15, 0.2) is 76.8 Å². The fourth-order valence-corrected chi connectivity index (χ4v) is 4.00. The predicted molar refractivity (Wildman–Crippen MR) is 107 cm³/mol. The Bertz CT molecular complexity index is 1390. The highest BCUT2D eigenvalue weighted by atomic mass is 35.5. The van der Waals surface area contributed by atoms with Crippen molar-refractivity contribution < 1.29 is 12.8 Å². The Kier molecular flexibility index (Phi) is 4.77. The van der Waals surface area contributed by atoms with Crippen LogP contribution in [0.25, 0.3) is 16.6 Å². The quantitative estimate of drug-likeness (QED) is 0.501. The van der Waals surface area contributed by atoms with E-state index in [-0.39, 0.29) is 21.3 Å². The van der Waals surface area contributed by atoms with Crippen molar-refractivity contribution in [1.29, 1.82) is 0 Å². The van der Waals surface area contributed by atoms with Crippen LogP contribution < -0.4 is 10.3 Å². The molecule has 1 N–H and O–H groups in total. The Morgan fingerprint density at radius 2 is 1.83 bits per heavy atom. The number of hydrogen-bond donors (Lipinski definition) is 1. The van der Waals surface area contributed by atoms with E-state index in [1.54, 1.807) is 24.4 Å². The van der Waals surface area contributed by atoms with E-state index >= 15 is 0 Å². The number of anilines is 1. The molecule has 29 heavy (non-hydrogen) atoms. The Hall–Kier alpha value is -3.30. The molecule has 0 aliphatic rings. The van der Waals surface area contributed by atoms with Crippen molar-refractivity contribution in [3.05, 3.63) is 88.4 Å². The first-order valence-corrected chi connectivity index (χ1v) is 10.1. The number of fused-ring (bicyclic) bond motifs is 1. The molecule has 4 aromatic rings. The summed E-state index contributed by atoms with van der Waals surface area (Å²) in [6.07, 6.45) is 4.45. The van der Waals surface area contributed by atoms with Crippen molar-refractivity contribution >= 4 is 38.2 Å². The average Bonchev–Trinajstić information content (AvgIpc) is 2.70. The molecule has 0 saturated heterocycles. The van der Waals surface area contributed by atoms with E-state index in [4.69, 9.17) is 11.6 Å². The van der Waals surface area contributed by atoms with Crippen LogP contribution in [0.4, 0.5) is 10.1 Å². The number of sulfonamides is 1. The number of nitrogens with one attached hydrogen (secondary N) is 1. The van der Waals surface area contributed by atoms with Crippen LogP contribution in [0.1, 0.15) is 0 Å². The molecule has 0 spiro atoms. The minimum absolute atomic E-state index is 0.0216. The van der Waals surface area contributed by atoms with Crippen LogP contribution in [0.2, 0.25) is 5.15 Å². The highest BCUT2D eigenvalue weighted by Crippen LogP contribution is 2.25. The van der Waals surface area contributed by atoms with E-state index in [1.807, 2.05) is 0 Å². The molecule has 146 valence electrons. The zero-order valence-corrected chi connectivity index (χ0v) is 16.2. The molecule has 0 bridgehead atoms. The van der Waals surface area contributed by atoms with Crippen LogP contribution in [0.3, 0.4) is 0 Å². The molecule has 7 nitrogen and oxygen atoms in total. The highest BCUT2D eigenvalue weighted by molar-refractivity contribution is 7.92. The second kappa shape index (κ2) is 7.26. The number of pyridine rings is 3. The summed E-state index contributed by atoms with van der Waals surface area (Å²) in [6.45, 7) is 0. The summed E-state index contributed by atoms with van der Waals surface area (Å²) in [7, 11) is -4.03. The molecule has 4 rings (SSSR count). The molecular weight excluding hydrogens is 419 g/mol. The topological polar surface area (TPSA) is 93.9 Å². The largest absolute Gasteiger partial charge is 0.282 e. The lowest BCUT2D eigenvalue weighted by Crippen LogP contribution is -2.19. The molecule has 0 aliphatic carbocycles. The second-order valence-electron chi connectivity index (χ2n) is 6.02. The van der Waals surface area contributed by atoms with Gasteiger partial charge in [0.25, 0.3) is 15.6 Å². The van der Waals surface area contributed by atoms with Crippen molar-refractivity contribution in [2.75, 3.05) is 4.72 Å². The van der Waals surface area contributed by atoms with Gasteiger partial charge in [-0.25, -0.2) is 17.8 Å². The molecule has 1 aromatic carbocycles. The van der Waals surface area contributed by atoms with Gasteiger partial charge in [-0.3, -0.25) is 19.1 Å². The van der Waals surface area contributed by atoms with E-state index in [1.165, 1.54) is 23.0 Å². The first-order valence-electron chi connectivity index (χ1n) is 8.26. The minimum Gasteiger partial charge on any atom is -0.282 e. The number of nitrogens with zero attached hydrogens (tertiary/aromatic N) is 3. The molecule has 10 heteroatoms. The van der Waals surface area contributed by atoms with E-state index in [9.17, 15) is 17.6 Å². The van der Waals surface area contributed by atoms with Gasteiger partial charge >= 0.3 is 0 Å². The molecule has 3 heterocycles. The van der Waals surface area contributed by atoms with Gasteiger partial charge in [0.05, 0.1) is 33.4 Å². The van der Waals surface area contributed by atoms with Gasteiger partial charge in [-0.1, -0.05) is 11.6 Å². The Morgan fingerprint density at radius 3 is 2.59 bits per heavy atom. The van der Waals surface area contributed by atoms with Crippen molar-refractivity contribution in [1.82, 2.24) is 14.5 Å². The number of benzene rings is 1. The summed E-state index contributed by atoms with van der Waals surface area (Å²) in [4.78, 5) is 20.7. The molecule has 0 fully saturated rings. The summed E-state index contributed by atoms with van der Waals surface area (Å²) >= 11 is 6.04. The molecule has 0 radical (unpaired) electrons. The zero-order chi connectivity index (χ0) is 20.6. The monoisotopic (exact) mass is 430 g/mol. The van der Waals surface area contributed by atoms with Gasteiger partial charge < -0.3 is 0 Å². The van der Waals surface area contributed by atoms with Crippen molar-refractivity contribution in [3.8, 4) is 5.69 Å². The van der Waals surface area contributed by atoms with E-state index in [0.717, 1.165) is 24.3 Å². The van der Waals surface area contributed by atoms with Gasteiger partial charge in [0, 0.05) is 12.4 Å². The predicted octanol–water partition coefficient (Wildman–Crippen LogP) is 3.37. The first kappa shape index (κ1) is 19.0. The van der Waals surface area contributed by atoms with Crippen LogP contribution in [0, 0.1) is 5.82 Å². The third-order valence-electron chi connectivity index (χ3n) is 4.14. The lowest BCUT2D eigenvalue weighted by Gasteiger charge is -2.12. The number of rotatable bonds is 4. The van der Waals surface area contributed by atoms with Gasteiger partial charge in [-0.2, -0.15) is 0 Å². The van der Waals surface area contributed by atoms with E-state index in [2.05, 4.69) is 14.7 Å². The third-order valence-corrected chi connectivity index (χ3v) is 5.82. The van der Waals surface area contributed by atoms with Crippen LogP contribution in [-0.4, -0.2) is 23.0 Å². The maximum absolute atomic E-state index is 13.1. The Morgan fingerprint density at radius 1 is 1.07 bits per heavy atom. The number of aromatic nitrogens is 3. The van der Waals surface area contributed by atoms with Gasteiger partial charge in [0.15, 0.2) is 5.15 Å². The summed E-state index contributed by atoms with van der Waals surface area (Å²) in [6, 6.07) is 10.7. The number of hydrogen-bond acceptors (Lipinski definition) is 5. The van der Waals surface area contributed by atoms with Gasteiger partial charge in [-0.15, -0.1) is 0 Å². The molecule has 0 aliphatic heterocycles. The van der Waals surface area contributed by atoms with E-state index in [0.29, 0.717) is 16.6 Å². The fraction of sp³-hybridized carbons (Fsp3) is 0. The van der Waals surface area contributed by atoms with Gasteiger partial charge in [0.2, 0.25) is 0 Å². The summed E-state index contributed by atoms with van der Waals surface area (Å²) in [5.41, 5.74) is 0.480. The number of halogens is 2. The Balaban J connectivity index is 1.76. The molecular formula is C19H12ClFN4O3S. The molecule has 3 aromatic heterocycles. The maximum atomic E-state index is 13.1. The average molecular weight is 431 g/mol. The summed E-state index contributed by atoms with van der Waals surface area (Å²) in [5, 5.41) is 0.299. The second-order valence-corrected chi connectivity index (χ2v) is 8.06. The Labute approximate surface area is 169 Å². The zero-order valence-electron chi connectivity index (χ0n) is 14.6. The molecule has 0 unspecified atom stereocenters. The van der Waals surface area contributed by atoms with Gasteiger partial charge in [-0.05, 0) is 48.5 Å². The van der Waals surface area contributed by atoms with Crippen LogP contribution >= 0.6 is 11.6 Å². The van der Waals surface area contributed by atoms with Gasteiger partial charge in [0.1, 0.15) is 5.82 Å².